The molecule has 0 saturated heterocycles. The monoisotopic (exact) mass is 332 g/mol. The van der Waals surface area contributed by atoms with Crippen LogP contribution in [0.2, 0.25) is 0 Å². The third-order valence-corrected chi connectivity index (χ3v) is 6.10. The van der Waals surface area contributed by atoms with Crippen molar-refractivity contribution in [1.82, 2.24) is 5.09 Å². The van der Waals surface area contributed by atoms with Gasteiger partial charge in [-0.1, -0.05) is 25.1 Å². The molecule has 1 aromatic carbocycles. The summed E-state index contributed by atoms with van der Waals surface area (Å²) in [6, 6.07) is 6.43. The smallest absolute Gasteiger partial charge is 0.273 e. The zero-order valence-electron chi connectivity index (χ0n) is 12.3. The molecule has 1 unspecified atom stereocenters. The molecule has 118 valence electrons. The number of nitrogens with zero attached hydrogens (tertiary/aromatic N) is 1. The topological polar surface area (TPSA) is 81.5 Å². The van der Waals surface area contributed by atoms with E-state index in [2.05, 4.69) is 5.09 Å². The number of hydrogen-bond donors (Lipinski definition) is 1. The molecule has 1 aromatic rings. The van der Waals surface area contributed by atoms with Gasteiger partial charge in [0.05, 0.1) is 11.5 Å². The molecule has 1 atom stereocenters. The minimum absolute atomic E-state index is 0.0241. The lowest BCUT2D eigenvalue weighted by Gasteiger charge is -2.18. The van der Waals surface area contributed by atoms with E-state index in [0.29, 0.717) is 18.3 Å². The van der Waals surface area contributed by atoms with Gasteiger partial charge in [-0.15, -0.1) is 0 Å². The van der Waals surface area contributed by atoms with Gasteiger partial charge in [0.15, 0.2) is 0 Å². The molecule has 1 rings (SSSR count). The molecule has 8 heteroatoms. The molecule has 0 fully saturated rings. The van der Waals surface area contributed by atoms with Gasteiger partial charge in [0.1, 0.15) is 0 Å². The largest absolute Gasteiger partial charge is 0.318 e. The Hall–Kier alpha value is -0.880. The molecule has 6 nitrogen and oxygen atoms in total. The van der Waals surface area contributed by atoms with E-state index >= 15 is 0 Å². The summed E-state index contributed by atoms with van der Waals surface area (Å²) in [5.74, 6) is 1.69. The zero-order chi connectivity index (χ0) is 15.7. The van der Waals surface area contributed by atoms with Crippen LogP contribution in [0.4, 0.5) is 5.69 Å². The van der Waals surface area contributed by atoms with Crippen LogP contribution in [0.15, 0.2) is 24.3 Å². The van der Waals surface area contributed by atoms with Crippen LogP contribution in [0.5, 0.6) is 0 Å². The number of benzene rings is 1. The molecule has 0 amide bonds. The van der Waals surface area contributed by atoms with Crippen molar-refractivity contribution in [3.05, 3.63) is 39.9 Å². The SMILES string of the molecule is CCOP(=O)(CCSCC)NCc1ccccc1[N+](=O)[O-]. The van der Waals surface area contributed by atoms with Gasteiger partial charge >= 0.3 is 0 Å². The quantitative estimate of drug-likeness (QED) is 0.305. The lowest BCUT2D eigenvalue weighted by atomic mass is 10.2. The van der Waals surface area contributed by atoms with Crippen LogP contribution in [-0.2, 0) is 15.6 Å². The predicted molar refractivity (Wildman–Crippen MR) is 87.0 cm³/mol. The highest BCUT2D eigenvalue weighted by molar-refractivity contribution is 7.99. The van der Waals surface area contributed by atoms with Crippen molar-refractivity contribution in [3.63, 3.8) is 0 Å². The summed E-state index contributed by atoms with van der Waals surface area (Å²) in [5, 5.41) is 13.8. The van der Waals surface area contributed by atoms with Crippen LogP contribution in [0, 0.1) is 10.1 Å². The number of thioether (sulfide) groups is 1. The molecule has 0 saturated carbocycles. The third-order valence-electron chi connectivity index (χ3n) is 2.77. The summed E-state index contributed by atoms with van der Waals surface area (Å²) in [6.07, 6.45) is 0.417. The fourth-order valence-corrected chi connectivity index (χ4v) is 4.74. The Balaban J connectivity index is 2.73. The first kappa shape index (κ1) is 18.2. The van der Waals surface area contributed by atoms with Crippen LogP contribution in [-0.4, -0.2) is 29.2 Å². The summed E-state index contributed by atoms with van der Waals surface area (Å²) < 4.78 is 18.0. The number of para-hydroxylation sites is 1. The summed E-state index contributed by atoms with van der Waals surface area (Å²) >= 11 is 1.69. The summed E-state index contributed by atoms with van der Waals surface area (Å²) in [5.41, 5.74) is 0.529. The number of rotatable bonds is 10. The highest BCUT2D eigenvalue weighted by Gasteiger charge is 2.23. The van der Waals surface area contributed by atoms with Crippen molar-refractivity contribution in [1.29, 1.82) is 0 Å². The molecular formula is C13H21N2O4PS. The van der Waals surface area contributed by atoms with Crippen molar-refractivity contribution in [2.75, 3.05) is 24.3 Å². The van der Waals surface area contributed by atoms with Gasteiger partial charge in [0.25, 0.3) is 13.2 Å². The molecule has 21 heavy (non-hydrogen) atoms. The van der Waals surface area contributed by atoms with Gasteiger partial charge in [-0.2, -0.15) is 11.8 Å². The highest BCUT2D eigenvalue weighted by Crippen LogP contribution is 2.43. The summed E-state index contributed by atoms with van der Waals surface area (Å²) in [4.78, 5) is 10.5. The van der Waals surface area contributed by atoms with E-state index in [1.165, 1.54) is 6.07 Å². The minimum Gasteiger partial charge on any atom is -0.318 e. The molecule has 0 bridgehead atoms. The number of nitrogens with one attached hydrogen (secondary N) is 1. The second kappa shape index (κ2) is 9.20. The maximum atomic E-state index is 12.6. The molecule has 0 aliphatic rings. The number of nitro benzene ring substituents is 1. The minimum atomic E-state index is -2.96. The van der Waals surface area contributed by atoms with Crippen LogP contribution < -0.4 is 5.09 Å². The van der Waals surface area contributed by atoms with Crippen molar-refractivity contribution < 1.29 is 14.0 Å². The molecule has 0 aromatic heterocycles. The Morgan fingerprint density at radius 1 is 1.38 bits per heavy atom. The standard InChI is InChI=1S/C13H21N2O4PS/c1-3-19-20(18,9-10-21-4-2)14-11-12-7-5-6-8-13(12)15(16)17/h5-8H,3-4,9-11H2,1-2H3,(H,14,18). The summed E-state index contributed by atoms with van der Waals surface area (Å²) in [6.45, 7) is 4.33. The van der Waals surface area contributed by atoms with Crippen LogP contribution in [0.3, 0.4) is 0 Å². The van der Waals surface area contributed by atoms with Crippen LogP contribution in [0.1, 0.15) is 19.4 Å². The van der Waals surface area contributed by atoms with Gasteiger partial charge in [-0.25, -0.2) is 5.09 Å². The van der Waals surface area contributed by atoms with Crippen molar-refractivity contribution in [3.8, 4) is 0 Å². The fraction of sp³-hybridized carbons (Fsp3) is 0.538. The van der Waals surface area contributed by atoms with Gasteiger partial charge in [0.2, 0.25) is 0 Å². The van der Waals surface area contributed by atoms with E-state index < -0.39 is 12.4 Å². The Labute approximate surface area is 129 Å². The maximum absolute atomic E-state index is 12.6. The maximum Gasteiger partial charge on any atom is 0.273 e. The molecule has 0 aliphatic heterocycles. The van der Waals surface area contributed by atoms with Gasteiger partial charge in [-0.3, -0.25) is 14.7 Å². The molecule has 0 aliphatic carbocycles. The number of hydrogen-bond acceptors (Lipinski definition) is 5. The normalized spacial score (nSPS) is 13.8. The predicted octanol–water partition coefficient (Wildman–Crippen LogP) is 3.67. The highest BCUT2D eigenvalue weighted by atomic mass is 32.2. The van der Waals surface area contributed by atoms with E-state index in [4.69, 9.17) is 4.52 Å². The molecule has 1 N–H and O–H groups in total. The molecule has 0 heterocycles. The second-order valence-electron chi connectivity index (χ2n) is 4.23. The second-order valence-corrected chi connectivity index (χ2v) is 7.99. The third kappa shape index (κ3) is 6.18. The number of nitro groups is 1. The van der Waals surface area contributed by atoms with E-state index in [1.54, 1.807) is 36.9 Å². The Bertz CT molecular complexity index is 513. The fourth-order valence-electron chi connectivity index (χ4n) is 1.77. The Kier molecular flexibility index (Phi) is 7.96. The van der Waals surface area contributed by atoms with Crippen molar-refractivity contribution >= 4 is 25.0 Å². The summed E-state index contributed by atoms with van der Waals surface area (Å²) in [7, 11) is -2.96. The molecular weight excluding hydrogens is 311 g/mol. The Morgan fingerprint density at radius 3 is 2.71 bits per heavy atom. The van der Waals surface area contributed by atoms with E-state index in [1.807, 2.05) is 6.92 Å². The first-order valence-electron chi connectivity index (χ1n) is 6.81. The van der Waals surface area contributed by atoms with Crippen LogP contribution in [0.25, 0.3) is 0 Å². The molecule has 0 spiro atoms. The first-order chi connectivity index (χ1) is 10.0. The van der Waals surface area contributed by atoms with E-state index in [0.717, 1.165) is 11.5 Å². The average Bonchev–Trinajstić information content (AvgIpc) is 2.46. The van der Waals surface area contributed by atoms with Crippen molar-refractivity contribution in [2.45, 2.75) is 20.4 Å². The van der Waals surface area contributed by atoms with Gasteiger partial charge in [0, 0.05) is 30.1 Å². The zero-order valence-corrected chi connectivity index (χ0v) is 14.0. The van der Waals surface area contributed by atoms with Crippen molar-refractivity contribution in [2.24, 2.45) is 0 Å². The Morgan fingerprint density at radius 2 is 2.10 bits per heavy atom. The lowest BCUT2D eigenvalue weighted by Crippen LogP contribution is -2.16. The van der Waals surface area contributed by atoms with E-state index in [-0.39, 0.29) is 12.2 Å². The lowest BCUT2D eigenvalue weighted by molar-refractivity contribution is -0.385. The van der Waals surface area contributed by atoms with Gasteiger partial charge < -0.3 is 4.52 Å². The van der Waals surface area contributed by atoms with Crippen LogP contribution >= 0.6 is 19.3 Å². The van der Waals surface area contributed by atoms with Gasteiger partial charge in [-0.05, 0) is 12.7 Å². The first-order valence-corrected chi connectivity index (χ1v) is 9.77. The van der Waals surface area contributed by atoms with E-state index in [9.17, 15) is 14.7 Å². The molecule has 0 radical (unpaired) electrons. The average molecular weight is 332 g/mol.